The van der Waals surface area contributed by atoms with Crippen LogP contribution in [0.1, 0.15) is 38.7 Å². The van der Waals surface area contributed by atoms with Crippen LogP contribution in [0.25, 0.3) is 0 Å². The van der Waals surface area contributed by atoms with E-state index >= 15 is 0 Å². The monoisotopic (exact) mass is 433 g/mol. The largest absolute Gasteiger partial charge is 0.396 e. The molecule has 0 amide bonds. The van der Waals surface area contributed by atoms with Crippen molar-refractivity contribution < 1.29 is 5.11 Å². The van der Waals surface area contributed by atoms with Crippen molar-refractivity contribution in [2.75, 3.05) is 26.7 Å². The van der Waals surface area contributed by atoms with Gasteiger partial charge < -0.3 is 15.3 Å². The molecule has 5 heteroatoms. The Morgan fingerprint density at radius 1 is 1.22 bits per heavy atom. The molecular formula is C18H32IN3O. The summed E-state index contributed by atoms with van der Waals surface area (Å²) in [4.78, 5) is 6.92. The third-order valence-corrected chi connectivity index (χ3v) is 3.69. The Kier molecular flexibility index (Phi) is 13.1. The molecule has 0 bridgehead atoms. The van der Waals surface area contributed by atoms with Crippen LogP contribution < -0.4 is 5.32 Å². The number of nitrogens with zero attached hydrogens (tertiary/aromatic N) is 2. The predicted octanol–water partition coefficient (Wildman–Crippen LogP) is 3.50. The number of guanidine groups is 1. The van der Waals surface area contributed by atoms with Gasteiger partial charge in [-0.15, -0.1) is 24.0 Å². The summed E-state index contributed by atoms with van der Waals surface area (Å²) in [5.41, 5.74) is 1.27. The Hall–Kier alpha value is -0.820. The van der Waals surface area contributed by atoms with Gasteiger partial charge >= 0.3 is 0 Å². The van der Waals surface area contributed by atoms with E-state index in [1.165, 1.54) is 5.56 Å². The van der Waals surface area contributed by atoms with Gasteiger partial charge in [0, 0.05) is 33.3 Å². The lowest BCUT2D eigenvalue weighted by Gasteiger charge is -2.23. The third-order valence-electron chi connectivity index (χ3n) is 3.69. The van der Waals surface area contributed by atoms with Gasteiger partial charge in [0.15, 0.2) is 5.96 Å². The van der Waals surface area contributed by atoms with E-state index in [2.05, 4.69) is 55.4 Å². The van der Waals surface area contributed by atoms with Crippen molar-refractivity contribution in [2.24, 2.45) is 10.9 Å². The molecule has 0 aliphatic carbocycles. The zero-order chi connectivity index (χ0) is 16.2. The minimum absolute atomic E-state index is 0. The fraction of sp³-hybridized carbons (Fsp3) is 0.611. The molecule has 1 atom stereocenters. The highest BCUT2D eigenvalue weighted by Gasteiger charge is 2.10. The van der Waals surface area contributed by atoms with Crippen molar-refractivity contribution >= 4 is 29.9 Å². The van der Waals surface area contributed by atoms with Crippen molar-refractivity contribution in [2.45, 2.75) is 39.7 Å². The summed E-state index contributed by atoms with van der Waals surface area (Å²) in [5, 5.41) is 12.5. The van der Waals surface area contributed by atoms with E-state index in [9.17, 15) is 0 Å². The van der Waals surface area contributed by atoms with Crippen LogP contribution in [-0.4, -0.2) is 42.7 Å². The van der Waals surface area contributed by atoms with Gasteiger partial charge in [-0.1, -0.05) is 43.7 Å². The second-order valence-electron chi connectivity index (χ2n) is 5.70. The highest BCUT2D eigenvalue weighted by molar-refractivity contribution is 14.0. The molecule has 0 fully saturated rings. The van der Waals surface area contributed by atoms with E-state index in [1.54, 1.807) is 0 Å². The first-order valence-electron chi connectivity index (χ1n) is 8.35. The summed E-state index contributed by atoms with van der Waals surface area (Å²) in [7, 11) is 2.06. The Labute approximate surface area is 158 Å². The second-order valence-corrected chi connectivity index (χ2v) is 5.70. The van der Waals surface area contributed by atoms with Gasteiger partial charge in [-0.3, -0.25) is 4.99 Å². The Morgan fingerprint density at radius 3 is 2.48 bits per heavy atom. The van der Waals surface area contributed by atoms with Gasteiger partial charge in [-0.25, -0.2) is 0 Å². The number of aliphatic hydroxyl groups excluding tert-OH is 1. The molecular weight excluding hydrogens is 401 g/mol. The molecule has 0 saturated heterocycles. The highest BCUT2D eigenvalue weighted by Crippen LogP contribution is 2.11. The molecule has 1 rings (SSSR count). The van der Waals surface area contributed by atoms with Gasteiger partial charge in [0.2, 0.25) is 0 Å². The molecule has 0 spiro atoms. The smallest absolute Gasteiger partial charge is 0.193 e. The van der Waals surface area contributed by atoms with Crippen molar-refractivity contribution in [1.29, 1.82) is 0 Å². The maximum Gasteiger partial charge on any atom is 0.193 e. The summed E-state index contributed by atoms with van der Waals surface area (Å²) < 4.78 is 0. The summed E-state index contributed by atoms with van der Waals surface area (Å²) in [5.74, 6) is 1.40. The molecule has 1 aromatic rings. The maximum atomic E-state index is 9.16. The number of nitrogens with one attached hydrogen (secondary N) is 1. The first kappa shape index (κ1) is 22.2. The van der Waals surface area contributed by atoms with E-state index in [4.69, 9.17) is 10.1 Å². The maximum absolute atomic E-state index is 9.16. The van der Waals surface area contributed by atoms with Gasteiger partial charge in [0.05, 0.1) is 0 Å². The fourth-order valence-corrected chi connectivity index (χ4v) is 2.54. The van der Waals surface area contributed by atoms with Crippen LogP contribution in [0.5, 0.6) is 0 Å². The van der Waals surface area contributed by atoms with Crippen LogP contribution in [0.15, 0.2) is 35.3 Å². The molecule has 4 nitrogen and oxygen atoms in total. The Bertz CT molecular complexity index is 420. The lowest BCUT2D eigenvalue weighted by molar-refractivity contribution is 0.253. The Balaban J connectivity index is 0.00000484. The summed E-state index contributed by atoms with van der Waals surface area (Å²) in [6, 6.07) is 10.4. The summed E-state index contributed by atoms with van der Waals surface area (Å²) in [6.45, 7) is 6.98. The molecule has 0 aliphatic heterocycles. The van der Waals surface area contributed by atoms with Gasteiger partial charge in [0.25, 0.3) is 0 Å². The predicted molar refractivity (Wildman–Crippen MR) is 109 cm³/mol. The van der Waals surface area contributed by atoms with Crippen LogP contribution in [0.3, 0.4) is 0 Å². The van der Waals surface area contributed by atoms with E-state index in [-0.39, 0.29) is 30.6 Å². The minimum Gasteiger partial charge on any atom is -0.396 e. The molecule has 132 valence electrons. The van der Waals surface area contributed by atoms with E-state index in [1.807, 2.05) is 6.07 Å². The van der Waals surface area contributed by atoms with Gasteiger partial charge in [-0.05, 0) is 31.2 Å². The SMILES string of the molecule is CCCC(CCO)CN=C(NCC)N(C)Cc1ccccc1.I. The van der Waals surface area contributed by atoms with Gasteiger partial charge in [0.1, 0.15) is 0 Å². The molecule has 23 heavy (non-hydrogen) atoms. The molecule has 0 aromatic heterocycles. The van der Waals surface area contributed by atoms with Gasteiger partial charge in [-0.2, -0.15) is 0 Å². The molecule has 2 N–H and O–H groups in total. The first-order chi connectivity index (χ1) is 10.7. The van der Waals surface area contributed by atoms with Crippen LogP contribution in [0.4, 0.5) is 0 Å². The average Bonchev–Trinajstić information content (AvgIpc) is 2.52. The van der Waals surface area contributed by atoms with Crippen molar-refractivity contribution in [3.63, 3.8) is 0 Å². The molecule has 0 heterocycles. The molecule has 1 aromatic carbocycles. The number of rotatable bonds is 9. The standard InChI is InChI=1S/C18H31N3O.HI/c1-4-9-16(12-13-22)14-20-18(19-5-2)21(3)15-17-10-7-6-8-11-17;/h6-8,10-11,16,22H,4-5,9,12-15H2,1-3H3,(H,19,20);1H. The number of hydrogen-bond acceptors (Lipinski definition) is 2. The second kappa shape index (κ2) is 13.6. The zero-order valence-corrected chi connectivity index (χ0v) is 17.0. The number of aliphatic hydroxyl groups is 1. The molecule has 0 radical (unpaired) electrons. The summed E-state index contributed by atoms with van der Waals surface area (Å²) >= 11 is 0. The minimum atomic E-state index is 0. The topological polar surface area (TPSA) is 47.9 Å². The van der Waals surface area contributed by atoms with Crippen molar-refractivity contribution in [3.8, 4) is 0 Å². The van der Waals surface area contributed by atoms with Crippen LogP contribution in [0, 0.1) is 5.92 Å². The fourth-order valence-electron chi connectivity index (χ4n) is 2.54. The van der Waals surface area contributed by atoms with Crippen LogP contribution in [-0.2, 0) is 6.54 Å². The zero-order valence-electron chi connectivity index (χ0n) is 14.7. The van der Waals surface area contributed by atoms with Crippen molar-refractivity contribution in [1.82, 2.24) is 10.2 Å². The van der Waals surface area contributed by atoms with E-state index in [0.29, 0.717) is 5.92 Å². The quantitative estimate of drug-likeness (QED) is 0.356. The number of hydrogen-bond donors (Lipinski definition) is 2. The molecule has 0 saturated carbocycles. The van der Waals surface area contributed by atoms with E-state index < -0.39 is 0 Å². The Morgan fingerprint density at radius 2 is 1.91 bits per heavy atom. The summed E-state index contributed by atoms with van der Waals surface area (Å²) in [6.07, 6.45) is 3.08. The number of benzene rings is 1. The van der Waals surface area contributed by atoms with Crippen molar-refractivity contribution in [3.05, 3.63) is 35.9 Å². The normalized spacial score (nSPS) is 12.4. The first-order valence-corrected chi connectivity index (χ1v) is 8.35. The lowest BCUT2D eigenvalue weighted by Crippen LogP contribution is -2.38. The van der Waals surface area contributed by atoms with E-state index in [0.717, 1.165) is 44.9 Å². The lowest BCUT2D eigenvalue weighted by atomic mass is 10.0. The third kappa shape index (κ3) is 9.15. The van der Waals surface area contributed by atoms with Crippen LogP contribution in [0.2, 0.25) is 0 Å². The number of aliphatic imine (C=N–C) groups is 1. The average molecular weight is 433 g/mol. The van der Waals surface area contributed by atoms with Crippen LogP contribution >= 0.6 is 24.0 Å². The number of halogens is 1. The molecule has 1 unspecified atom stereocenters. The molecule has 0 aliphatic rings. The highest BCUT2D eigenvalue weighted by atomic mass is 127.